The lowest BCUT2D eigenvalue weighted by Gasteiger charge is -2.30. The highest BCUT2D eigenvalue weighted by Gasteiger charge is 2.30. The average Bonchev–Trinajstić information content (AvgIpc) is 2.76. The van der Waals surface area contributed by atoms with Crippen LogP contribution in [0.1, 0.15) is 25.0 Å². The summed E-state index contributed by atoms with van der Waals surface area (Å²) in [6.45, 7) is 4.27. The number of aromatic hydroxyl groups is 1. The van der Waals surface area contributed by atoms with Gasteiger partial charge in [-0.05, 0) is 36.4 Å². The van der Waals surface area contributed by atoms with Gasteiger partial charge in [-0.2, -0.15) is 0 Å². The molecule has 0 aliphatic heterocycles. The Bertz CT molecular complexity index is 1200. The predicted molar refractivity (Wildman–Crippen MR) is 124 cm³/mol. The summed E-state index contributed by atoms with van der Waals surface area (Å²) in [5, 5.41) is 9.79. The van der Waals surface area contributed by atoms with E-state index >= 15 is 0 Å². The first-order valence-corrected chi connectivity index (χ1v) is 10.1. The number of nitrogens with two attached hydrogens (primary N) is 1. The van der Waals surface area contributed by atoms with Crippen LogP contribution < -0.4 is 15.2 Å². The third kappa shape index (κ3) is 4.33. The number of hydrogen-bond acceptors (Lipinski definition) is 4. The summed E-state index contributed by atoms with van der Waals surface area (Å²) >= 11 is 0. The van der Waals surface area contributed by atoms with Crippen molar-refractivity contribution in [2.45, 2.75) is 19.3 Å². The van der Waals surface area contributed by atoms with Gasteiger partial charge in [-0.3, -0.25) is 0 Å². The molecule has 31 heavy (non-hydrogen) atoms. The number of phenolic OH excluding ortho intramolecular Hbond substituents is 1. The molecular formula is C27H25NO3. The van der Waals surface area contributed by atoms with Crippen LogP contribution in [0.15, 0.2) is 97.1 Å². The molecule has 3 N–H and O–H groups in total. The number of benzene rings is 4. The zero-order valence-corrected chi connectivity index (χ0v) is 17.6. The van der Waals surface area contributed by atoms with E-state index in [1.54, 1.807) is 18.2 Å². The van der Waals surface area contributed by atoms with Gasteiger partial charge in [-0.15, -0.1) is 0 Å². The van der Waals surface area contributed by atoms with Crippen LogP contribution in [0.5, 0.6) is 28.7 Å². The third-order valence-corrected chi connectivity index (χ3v) is 5.31. The molecule has 4 heteroatoms. The maximum Gasteiger partial charge on any atom is 0.150 e. The fraction of sp³-hybridized carbons (Fsp3) is 0.111. The minimum absolute atomic E-state index is 0.161. The standard InChI is InChI=1S/C27H25NO3/c1-27(2,21-12-3-6-15-24(21)30-20-11-9-10-19(29)18-20)22-13-4-7-16-25(22)31-26-17-8-5-14-23(26)28/h3-18,29H,28H2,1-2H3. The third-order valence-electron chi connectivity index (χ3n) is 5.31. The van der Waals surface area contributed by atoms with Crippen molar-refractivity contribution in [3.05, 3.63) is 108 Å². The summed E-state index contributed by atoms with van der Waals surface area (Å²) < 4.78 is 12.4. The maximum absolute atomic E-state index is 9.79. The molecule has 0 fully saturated rings. The van der Waals surface area contributed by atoms with Gasteiger partial charge in [-0.1, -0.05) is 68.4 Å². The monoisotopic (exact) mass is 411 g/mol. The van der Waals surface area contributed by atoms with Crippen molar-refractivity contribution < 1.29 is 14.6 Å². The fourth-order valence-electron chi connectivity index (χ4n) is 3.65. The molecule has 0 unspecified atom stereocenters. The van der Waals surface area contributed by atoms with Crippen LogP contribution in [0.2, 0.25) is 0 Å². The lowest BCUT2D eigenvalue weighted by Crippen LogP contribution is -2.20. The summed E-state index contributed by atoms with van der Waals surface area (Å²) in [6, 6.07) is 30.1. The van der Waals surface area contributed by atoms with Crippen molar-refractivity contribution in [3.8, 4) is 28.7 Å². The number of hydrogen-bond donors (Lipinski definition) is 2. The first-order chi connectivity index (χ1) is 14.9. The van der Waals surface area contributed by atoms with Crippen molar-refractivity contribution in [1.82, 2.24) is 0 Å². The summed E-state index contributed by atoms with van der Waals surface area (Å²) in [5.74, 6) is 2.80. The number of anilines is 1. The van der Waals surface area contributed by atoms with Crippen LogP contribution in [-0.2, 0) is 5.41 Å². The molecule has 4 aromatic rings. The van der Waals surface area contributed by atoms with E-state index in [1.807, 2.05) is 72.8 Å². The topological polar surface area (TPSA) is 64.7 Å². The molecule has 156 valence electrons. The molecule has 0 spiro atoms. The predicted octanol–water partition coefficient (Wildman–Crippen LogP) is 6.88. The Morgan fingerprint density at radius 1 is 0.645 bits per heavy atom. The van der Waals surface area contributed by atoms with Crippen LogP contribution >= 0.6 is 0 Å². The second-order valence-corrected chi connectivity index (χ2v) is 7.86. The van der Waals surface area contributed by atoms with Gasteiger partial charge >= 0.3 is 0 Å². The van der Waals surface area contributed by atoms with Crippen LogP contribution in [0.3, 0.4) is 0 Å². The normalized spacial score (nSPS) is 11.2. The summed E-state index contributed by atoms with van der Waals surface area (Å²) in [5.41, 5.74) is 8.24. The van der Waals surface area contributed by atoms with Gasteiger partial charge in [0.1, 0.15) is 28.7 Å². The van der Waals surface area contributed by atoms with E-state index < -0.39 is 5.41 Å². The molecule has 0 aromatic heterocycles. The Balaban J connectivity index is 1.74. The molecule has 0 atom stereocenters. The Morgan fingerprint density at radius 3 is 1.81 bits per heavy atom. The molecule has 4 rings (SSSR count). The Morgan fingerprint density at radius 2 is 1.19 bits per heavy atom. The maximum atomic E-state index is 9.79. The van der Waals surface area contributed by atoms with Gasteiger partial charge in [0.05, 0.1) is 5.69 Å². The smallest absolute Gasteiger partial charge is 0.150 e. The largest absolute Gasteiger partial charge is 0.508 e. The Labute approximate surface area is 182 Å². The summed E-state index contributed by atoms with van der Waals surface area (Å²) in [7, 11) is 0. The molecular weight excluding hydrogens is 386 g/mol. The first-order valence-electron chi connectivity index (χ1n) is 10.1. The molecule has 0 saturated heterocycles. The van der Waals surface area contributed by atoms with E-state index in [1.165, 1.54) is 0 Å². The van der Waals surface area contributed by atoms with Gasteiger partial charge in [-0.25, -0.2) is 0 Å². The Kier molecular flexibility index (Phi) is 5.54. The number of phenols is 1. The molecule has 4 aromatic carbocycles. The highest BCUT2D eigenvalue weighted by Crippen LogP contribution is 2.43. The zero-order chi connectivity index (χ0) is 21.8. The zero-order valence-electron chi connectivity index (χ0n) is 17.6. The van der Waals surface area contributed by atoms with Crippen molar-refractivity contribution in [3.63, 3.8) is 0 Å². The highest BCUT2D eigenvalue weighted by molar-refractivity contribution is 5.57. The van der Waals surface area contributed by atoms with Crippen molar-refractivity contribution in [1.29, 1.82) is 0 Å². The van der Waals surface area contributed by atoms with Crippen LogP contribution in [-0.4, -0.2) is 5.11 Å². The lowest BCUT2D eigenvalue weighted by molar-refractivity contribution is 0.439. The Hall–Kier alpha value is -3.92. The fourth-order valence-corrected chi connectivity index (χ4v) is 3.65. The average molecular weight is 412 g/mol. The van der Waals surface area contributed by atoms with Crippen LogP contribution in [0, 0.1) is 0 Å². The molecule has 0 radical (unpaired) electrons. The van der Waals surface area contributed by atoms with Crippen LogP contribution in [0.25, 0.3) is 0 Å². The molecule has 4 nitrogen and oxygen atoms in total. The number of nitrogen functional groups attached to an aromatic ring is 1. The van der Waals surface area contributed by atoms with E-state index in [0.717, 1.165) is 16.9 Å². The van der Waals surface area contributed by atoms with Crippen molar-refractivity contribution in [2.75, 3.05) is 5.73 Å². The van der Waals surface area contributed by atoms with E-state index in [9.17, 15) is 5.11 Å². The number of ether oxygens (including phenoxy) is 2. The second kappa shape index (κ2) is 8.44. The minimum atomic E-state index is -0.437. The highest BCUT2D eigenvalue weighted by atomic mass is 16.5. The van der Waals surface area contributed by atoms with Crippen molar-refractivity contribution >= 4 is 5.69 Å². The molecule has 0 saturated carbocycles. The SMILES string of the molecule is CC(C)(c1ccccc1Oc1cccc(O)c1)c1ccccc1Oc1ccccc1N. The van der Waals surface area contributed by atoms with Crippen LogP contribution in [0.4, 0.5) is 5.69 Å². The summed E-state index contributed by atoms with van der Waals surface area (Å²) in [4.78, 5) is 0. The van der Waals surface area contributed by atoms with E-state index in [-0.39, 0.29) is 5.75 Å². The second-order valence-electron chi connectivity index (χ2n) is 7.86. The molecule has 0 heterocycles. The molecule has 0 bridgehead atoms. The quantitative estimate of drug-likeness (QED) is 0.339. The van der Waals surface area contributed by atoms with E-state index in [4.69, 9.17) is 15.2 Å². The molecule has 0 aliphatic rings. The van der Waals surface area contributed by atoms with Gasteiger partial charge in [0.2, 0.25) is 0 Å². The van der Waals surface area contributed by atoms with Gasteiger partial charge in [0, 0.05) is 22.6 Å². The molecule has 0 aliphatic carbocycles. The first kappa shape index (κ1) is 20.4. The lowest BCUT2D eigenvalue weighted by atomic mass is 9.77. The van der Waals surface area contributed by atoms with Crippen molar-refractivity contribution in [2.24, 2.45) is 0 Å². The summed E-state index contributed by atoms with van der Waals surface area (Å²) in [6.07, 6.45) is 0. The van der Waals surface area contributed by atoms with E-state index in [0.29, 0.717) is 22.9 Å². The minimum Gasteiger partial charge on any atom is -0.508 e. The van der Waals surface area contributed by atoms with Gasteiger partial charge < -0.3 is 20.3 Å². The number of rotatable bonds is 6. The van der Waals surface area contributed by atoms with Gasteiger partial charge in [0.15, 0.2) is 0 Å². The van der Waals surface area contributed by atoms with Gasteiger partial charge in [0.25, 0.3) is 0 Å². The van der Waals surface area contributed by atoms with E-state index in [2.05, 4.69) is 19.9 Å². The molecule has 0 amide bonds. The number of para-hydroxylation sites is 4.